The maximum atomic E-state index is 16.9. The van der Waals surface area contributed by atoms with Gasteiger partial charge >= 0.3 is 6.09 Å². The molecule has 5 N–H and O–H groups in total. The lowest BCUT2D eigenvalue weighted by atomic mass is 9.96. The highest BCUT2D eigenvalue weighted by Gasteiger charge is 2.49. The van der Waals surface area contributed by atoms with E-state index < -0.39 is 40.6 Å². The average molecular weight is 1020 g/mol. The summed E-state index contributed by atoms with van der Waals surface area (Å²) in [4.78, 5) is 32.3. The minimum Gasteiger partial charge on any atom is -0.508 e. The number of allylic oxidation sites excluding steroid dienone is 12. The van der Waals surface area contributed by atoms with E-state index >= 15 is 17.6 Å². The van der Waals surface area contributed by atoms with Crippen molar-refractivity contribution in [1.82, 2.24) is 5.32 Å². The molecule has 1 unspecified atom stereocenters. The number of aliphatic imine (C=N–C) groups is 4. The Morgan fingerprint density at radius 3 is 1.38 bits per heavy atom. The molecule has 0 saturated heterocycles. The summed E-state index contributed by atoms with van der Waals surface area (Å²) in [6, 6.07) is 19.4. The van der Waals surface area contributed by atoms with Gasteiger partial charge in [-0.05, 0) is 145 Å². The van der Waals surface area contributed by atoms with Gasteiger partial charge in [-0.2, -0.15) is 0 Å². The Kier molecular flexibility index (Phi) is 13.8. The van der Waals surface area contributed by atoms with Crippen molar-refractivity contribution >= 4 is 56.9 Å². The number of halogens is 4. The van der Waals surface area contributed by atoms with Gasteiger partial charge < -0.3 is 30.7 Å². The molecule has 5 aliphatic heterocycles. The Morgan fingerprint density at radius 2 is 0.947 bits per heavy atom. The number of amides is 1. The normalized spacial score (nSPS) is 20.0. The van der Waals surface area contributed by atoms with Crippen LogP contribution in [-0.2, 0) is 4.74 Å². The molecule has 0 radical (unpaired) electrons. The minimum absolute atomic E-state index is 0.00225. The summed E-state index contributed by atoms with van der Waals surface area (Å²) in [7, 11) is 0. The highest BCUT2D eigenvalue weighted by molar-refractivity contribution is 6.39. The Balaban J connectivity index is 0.911. The lowest BCUT2D eigenvalue weighted by Gasteiger charge is -2.16. The third-order valence-corrected chi connectivity index (χ3v) is 14.4. The van der Waals surface area contributed by atoms with Gasteiger partial charge in [-0.15, -0.1) is 11.8 Å². The monoisotopic (exact) mass is 1020 g/mol. The summed E-state index contributed by atoms with van der Waals surface area (Å²) in [5, 5.41) is 37.4. The molecule has 4 aromatic carbocycles. The molecular formula is C61H50F4N6O5. The molecule has 1 saturated carbocycles. The summed E-state index contributed by atoms with van der Waals surface area (Å²) >= 11 is 0. The number of anilines is 1. The van der Waals surface area contributed by atoms with Crippen LogP contribution in [-0.4, -0.2) is 64.0 Å². The van der Waals surface area contributed by atoms with Crippen LogP contribution in [0, 0.1) is 52.9 Å². The van der Waals surface area contributed by atoms with Crippen molar-refractivity contribution in [2.75, 3.05) is 25.0 Å². The van der Waals surface area contributed by atoms with E-state index in [0.717, 1.165) is 25.7 Å². The molecule has 11 rings (SSSR count). The van der Waals surface area contributed by atoms with Crippen LogP contribution in [0.2, 0.25) is 0 Å². The van der Waals surface area contributed by atoms with Gasteiger partial charge in [-0.3, -0.25) is 0 Å². The van der Waals surface area contributed by atoms with Crippen LogP contribution in [0.3, 0.4) is 0 Å². The van der Waals surface area contributed by atoms with E-state index in [1.54, 1.807) is 78.9 Å². The van der Waals surface area contributed by atoms with E-state index in [4.69, 9.17) is 24.7 Å². The van der Waals surface area contributed by atoms with E-state index in [2.05, 4.69) is 22.5 Å². The number of aromatic hydroxyl groups is 3. The fourth-order valence-electron chi connectivity index (χ4n) is 10.7. The second-order valence-corrected chi connectivity index (χ2v) is 19.3. The minimum atomic E-state index is -1.67. The van der Waals surface area contributed by atoms with Crippen molar-refractivity contribution in [3.05, 3.63) is 190 Å². The van der Waals surface area contributed by atoms with Gasteiger partial charge in [-0.1, -0.05) is 49.2 Å². The van der Waals surface area contributed by atoms with Crippen LogP contribution in [0.4, 0.5) is 28.0 Å². The summed E-state index contributed by atoms with van der Waals surface area (Å²) in [6.07, 6.45) is 18.9. The van der Waals surface area contributed by atoms with Gasteiger partial charge in [0.1, 0.15) is 22.9 Å². The number of benzene rings is 4. The first-order valence-corrected chi connectivity index (χ1v) is 25.4. The van der Waals surface area contributed by atoms with Gasteiger partial charge in [0.05, 0.1) is 57.8 Å². The lowest BCUT2D eigenvalue weighted by Crippen LogP contribution is -2.26. The number of carbonyl (C=O) groups is 1. The van der Waals surface area contributed by atoms with Crippen molar-refractivity contribution < 1.29 is 42.4 Å². The number of hydrogen-bond acceptors (Lipinski definition) is 10. The summed E-state index contributed by atoms with van der Waals surface area (Å²) in [6.45, 7) is 0.782. The topological polar surface area (TPSA) is 160 Å². The quantitative estimate of drug-likeness (QED) is 0.0366. The molecular weight excluding hydrogens is 973 g/mol. The number of nitrogens with zero attached hydrogens (tertiary/aromatic N) is 4. The number of alkyl carbamates (subject to hydrolysis) is 1. The predicted molar refractivity (Wildman–Crippen MR) is 288 cm³/mol. The number of hydrogen-bond donors (Lipinski definition) is 5. The zero-order valence-electron chi connectivity index (χ0n) is 41.0. The summed E-state index contributed by atoms with van der Waals surface area (Å²) < 4.78 is 72.2. The van der Waals surface area contributed by atoms with Gasteiger partial charge in [-0.25, -0.2) is 42.3 Å². The predicted octanol–water partition coefficient (Wildman–Crippen LogP) is 12.5. The number of rotatable bonds is 14. The second kappa shape index (κ2) is 21.2. The summed E-state index contributed by atoms with van der Waals surface area (Å²) in [5.74, 6) is 1.17. The molecule has 0 aromatic heterocycles. The molecule has 2 aliphatic carbocycles. The number of carbonyl (C=O) groups excluding carboxylic acids is 1. The molecule has 15 heteroatoms. The van der Waals surface area contributed by atoms with Gasteiger partial charge in [0.15, 0.2) is 23.3 Å². The number of ether oxygens (including phenoxy) is 1. The zero-order chi connectivity index (χ0) is 52.5. The molecule has 382 valence electrons. The third kappa shape index (κ3) is 9.98. The van der Waals surface area contributed by atoms with Gasteiger partial charge in [0.2, 0.25) is 0 Å². The van der Waals surface area contributed by atoms with Crippen LogP contribution in [0.1, 0.15) is 73.6 Å². The molecule has 1 fully saturated rings. The Bertz CT molecular complexity index is 3490. The van der Waals surface area contributed by atoms with Crippen LogP contribution in [0.25, 0.3) is 22.3 Å². The van der Waals surface area contributed by atoms with Crippen LogP contribution < -0.4 is 10.6 Å². The maximum Gasteiger partial charge on any atom is 0.407 e. The number of phenolic OH excluding ortho intramolecular Hbond substituents is 3. The smallest absolute Gasteiger partial charge is 0.407 e. The van der Waals surface area contributed by atoms with E-state index in [9.17, 15) is 20.1 Å². The van der Waals surface area contributed by atoms with Crippen LogP contribution in [0.5, 0.6) is 17.2 Å². The van der Waals surface area contributed by atoms with Crippen molar-refractivity contribution in [1.29, 1.82) is 0 Å². The van der Waals surface area contributed by atoms with Crippen molar-refractivity contribution in [3.8, 4) is 29.1 Å². The highest BCUT2D eigenvalue weighted by atomic mass is 19.2. The first-order chi connectivity index (χ1) is 37.0. The van der Waals surface area contributed by atoms with E-state index in [0.29, 0.717) is 113 Å². The molecule has 7 aliphatic rings. The zero-order valence-corrected chi connectivity index (χ0v) is 41.0. The standard InChI is InChI=1S/C61H50F4N6O5/c62-56-55(57(63)59(65)60(58(56)64)66-28-7-3-4-8-29-67-61(75)76-33-42-40-18-5-1-2-6-19-41(40)42)54-49-26-24-47(70-49)52(35-13-10-16-38(73)31-35)45-22-20-43(68-45)51(34-12-9-15-37(72)30-34)44-21-23-46(69-44)53(48-25-27-50(54)71-48)36-14-11-17-39(74)32-36/h9-17,20-27,30-32,40-42,66,72-74H,3-8,18-19,28-29,33H2,(H,67,75)/t40-,41+,42?. The Hall–Kier alpha value is -8.77. The number of fused-ring (bicyclic) bond motifs is 5. The Morgan fingerprint density at radius 1 is 0.539 bits per heavy atom. The average Bonchev–Trinajstić information content (AvgIpc) is 4.13. The first kappa shape index (κ1) is 49.4. The van der Waals surface area contributed by atoms with Crippen LogP contribution >= 0.6 is 0 Å². The van der Waals surface area contributed by atoms with Crippen molar-refractivity contribution in [3.63, 3.8) is 0 Å². The molecule has 3 atom stereocenters. The van der Waals surface area contributed by atoms with Gasteiger partial charge in [0.25, 0.3) is 0 Å². The van der Waals surface area contributed by atoms with Crippen molar-refractivity contribution in [2.24, 2.45) is 37.7 Å². The van der Waals surface area contributed by atoms with Gasteiger partial charge in [0, 0.05) is 48.2 Å². The SMILES string of the molecule is O=C(NCCCCCCNc1c(F)c(F)c(C2=C3C=CC(=N3)C(c3cccc(O)c3)=C3C=CC(=N3)C(c3cccc(O)c3)=C3C=CC(=N3)C(c3cccc(O)c3)=C3C=CC2=N3)c(F)c1F)OCC1[C@H]2CCC#CCC[C@@H]12. The largest absolute Gasteiger partial charge is 0.508 e. The molecule has 5 heterocycles. The lowest BCUT2D eigenvalue weighted by molar-refractivity contribution is 0.137. The molecule has 8 bridgehead atoms. The fraction of sp³-hybridized carbons (Fsp3) is 0.230. The molecule has 76 heavy (non-hydrogen) atoms. The number of phenols is 3. The third-order valence-electron chi connectivity index (χ3n) is 14.4. The van der Waals surface area contributed by atoms with E-state index in [-0.39, 0.29) is 52.2 Å². The Labute approximate surface area is 436 Å². The molecule has 4 aromatic rings. The van der Waals surface area contributed by atoms with E-state index in [1.165, 1.54) is 36.4 Å². The number of unbranched alkanes of at least 4 members (excludes halogenated alkanes) is 3. The maximum absolute atomic E-state index is 16.9. The number of nitrogens with one attached hydrogen (secondary N) is 2. The first-order valence-electron chi connectivity index (χ1n) is 25.4. The summed E-state index contributed by atoms with van der Waals surface area (Å²) in [5.41, 5.74) is 2.57. The fourth-order valence-corrected chi connectivity index (χ4v) is 10.7. The molecule has 11 nitrogen and oxygen atoms in total. The molecule has 0 spiro atoms. The van der Waals surface area contributed by atoms with Crippen LogP contribution in [0.15, 0.2) is 164 Å². The highest BCUT2D eigenvalue weighted by Crippen LogP contribution is 2.52. The second-order valence-electron chi connectivity index (χ2n) is 19.3. The van der Waals surface area contributed by atoms with E-state index in [1.807, 2.05) is 6.07 Å². The van der Waals surface area contributed by atoms with Crippen molar-refractivity contribution in [2.45, 2.75) is 51.4 Å². The molecule has 1 amide bonds.